The summed E-state index contributed by atoms with van der Waals surface area (Å²) in [6.07, 6.45) is 0. The van der Waals surface area contributed by atoms with Crippen molar-refractivity contribution >= 4 is 35.5 Å². The molecule has 0 aromatic heterocycles. The third kappa shape index (κ3) is 4.49. The van der Waals surface area contributed by atoms with Gasteiger partial charge in [-0.15, -0.1) is 0 Å². The predicted octanol–water partition coefficient (Wildman–Crippen LogP) is 0.345. The molecule has 8 heavy (non-hydrogen) atoms. The van der Waals surface area contributed by atoms with E-state index in [4.69, 9.17) is 5.11 Å². The van der Waals surface area contributed by atoms with Gasteiger partial charge in [0.05, 0.1) is 0 Å². The molecular formula is C3H4F2NaO2. The van der Waals surface area contributed by atoms with Crippen molar-refractivity contribution < 1.29 is 18.7 Å². The molecule has 0 amide bonds. The Morgan fingerprint density at radius 2 is 1.75 bits per heavy atom. The van der Waals surface area contributed by atoms with E-state index >= 15 is 0 Å². The van der Waals surface area contributed by atoms with E-state index in [2.05, 4.69) is 0 Å². The molecule has 0 rings (SSSR count). The van der Waals surface area contributed by atoms with Crippen LogP contribution in [0, 0.1) is 0 Å². The Bertz CT molecular complexity index is 87.8. The minimum Gasteiger partial charge on any atom is -0.477 e. The summed E-state index contributed by atoms with van der Waals surface area (Å²) in [4.78, 5) is 9.27. The Morgan fingerprint density at radius 3 is 1.75 bits per heavy atom. The average molecular weight is 133 g/mol. The third-order valence-electron chi connectivity index (χ3n) is 0.376. The van der Waals surface area contributed by atoms with Gasteiger partial charge in [0, 0.05) is 36.5 Å². The van der Waals surface area contributed by atoms with Crippen molar-refractivity contribution in [2.75, 3.05) is 0 Å². The van der Waals surface area contributed by atoms with Crippen LogP contribution in [0.2, 0.25) is 0 Å². The van der Waals surface area contributed by atoms with E-state index in [-0.39, 0.29) is 29.6 Å². The van der Waals surface area contributed by atoms with Gasteiger partial charge in [-0.2, -0.15) is 8.78 Å². The summed E-state index contributed by atoms with van der Waals surface area (Å²) in [5, 5.41) is 7.50. The Labute approximate surface area is 67.2 Å². The molecule has 5 heteroatoms. The zero-order chi connectivity index (χ0) is 6.08. The van der Waals surface area contributed by atoms with E-state index in [0.29, 0.717) is 6.92 Å². The van der Waals surface area contributed by atoms with Crippen LogP contribution >= 0.6 is 0 Å². The summed E-state index contributed by atoms with van der Waals surface area (Å²) in [6.45, 7) is 0.329. The predicted molar refractivity (Wildman–Crippen MR) is 24.0 cm³/mol. The molecule has 2 nitrogen and oxygen atoms in total. The van der Waals surface area contributed by atoms with Gasteiger partial charge in [0.1, 0.15) is 0 Å². The van der Waals surface area contributed by atoms with E-state index in [1.807, 2.05) is 0 Å². The second-order valence-electron chi connectivity index (χ2n) is 1.19. The number of hydrogen-bond acceptors (Lipinski definition) is 1. The van der Waals surface area contributed by atoms with Crippen molar-refractivity contribution in [1.29, 1.82) is 0 Å². The van der Waals surface area contributed by atoms with Crippen molar-refractivity contribution in [2.45, 2.75) is 12.8 Å². The van der Waals surface area contributed by atoms with Gasteiger partial charge in [0.2, 0.25) is 0 Å². The third-order valence-corrected chi connectivity index (χ3v) is 0.376. The molecule has 0 heterocycles. The smallest absolute Gasteiger partial charge is 0.374 e. The number of carbonyl (C=O) groups is 1. The first kappa shape index (κ1) is 11.2. The van der Waals surface area contributed by atoms with Gasteiger partial charge < -0.3 is 5.11 Å². The number of halogens is 2. The first-order chi connectivity index (χ1) is 2.94. The molecule has 0 aromatic rings. The minimum atomic E-state index is -3.58. The van der Waals surface area contributed by atoms with Crippen molar-refractivity contribution in [1.82, 2.24) is 0 Å². The molecule has 1 N–H and O–H groups in total. The molecule has 0 unspecified atom stereocenters. The number of rotatable bonds is 1. The zero-order valence-electron chi connectivity index (χ0n) is 4.61. The summed E-state index contributed by atoms with van der Waals surface area (Å²) in [6, 6.07) is 0. The van der Waals surface area contributed by atoms with Crippen LogP contribution in [0.1, 0.15) is 6.92 Å². The van der Waals surface area contributed by atoms with Crippen LogP contribution in [0.4, 0.5) is 8.78 Å². The maximum atomic E-state index is 11.2. The Kier molecular flexibility index (Phi) is 4.71. The van der Waals surface area contributed by atoms with Crippen LogP contribution in [-0.4, -0.2) is 46.6 Å². The topological polar surface area (TPSA) is 37.3 Å². The van der Waals surface area contributed by atoms with E-state index in [9.17, 15) is 13.6 Å². The number of hydrogen-bond donors (Lipinski definition) is 1. The van der Waals surface area contributed by atoms with Crippen molar-refractivity contribution in [3.05, 3.63) is 0 Å². The van der Waals surface area contributed by atoms with Gasteiger partial charge in [-0.25, -0.2) is 4.79 Å². The first-order valence-electron chi connectivity index (χ1n) is 1.56. The van der Waals surface area contributed by atoms with Crippen LogP contribution in [0.5, 0.6) is 0 Å². The van der Waals surface area contributed by atoms with Crippen molar-refractivity contribution in [3.63, 3.8) is 0 Å². The maximum absolute atomic E-state index is 11.2. The standard InChI is InChI=1S/C3H4F2O2.Na/c1-3(4,5)2(6)7;/h1H3,(H,6,7);. The normalized spacial score (nSPS) is 9.88. The quantitative estimate of drug-likeness (QED) is 0.524. The van der Waals surface area contributed by atoms with Gasteiger partial charge in [-0.1, -0.05) is 0 Å². The molecule has 0 saturated heterocycles. The molecule has 0 aliphatic heterocycles. The second-order valence-corrected chi connectivity index (χ2v) is 1.19. The Morgan fingerprint density at radius 1 is 1.62 bits per heavy atom. The summed E-state index contributed by atoms with van der Waals surface area (Å²) in [7, 11) is 0. The van der Waals surface area contributed by atoms with Crippen LogP contribution in [-0.2, 0) is 4.79 Å². The molecule has 0 aliphatic rings. The molecule has 0 saturated carbocycles. The minimum absolute atomic E-state index is 0. The zero-order valence-corrected chi connectivity index (χ0v) is 6.61. The number of carboxylic acid groups (broad SMARTS) is 1. The molecule has 0 aliphatic carbocycles. The molecule has 1 radical (unpaired) electrons. The number of aliphatic carboxylic acids is 1. The monoisotopic (exact) mass is 133 g/mol. The largest absolute Gasteiger partial charge is 0.477 e. The molecule has 0 aromatic carbocycles. The first-order valence-corrected chi connectivity index (χ1v) is 1.56. The van der Waals surface area contributed by atoms with E-state index in [1.165, 1.54) is 0 Å². The molecule has 0 spiro atoms. The van der Waals surface area contributed by atoms with Crippen LogP contribution in [0.3, 0.4) is 0 Å². The molecule has 0 atom stereocenters. The number of carboxylic acids is 1. The Hall–Kier alpha value is 0.330. The average Bonchev–Trinajstić information content (AvgIpc) is 1.31. The van der Waals surface area contributed by atoms with Crippen molar-refractivity contribution in [3.8, 4) is 0 Å². The molecule has 43 valence electrons. The van der Waals surface area contributed by atoms with Crippen LogP contribution in [0.15, 0.2) is 0 Å². The van der Waals surface area contributed by atoms with Crippen molar-refractivity contribution in [2.24, 2.45) is 0 Å². The molecular weight excluding hydrogens is 129 g/mol. The summed E-state index contributed by atoms with van der Waals surface area (Å²) in [5.41, 5.74) is 0. The fraction of sp³-hybridized carbons (Fsp3) is 0.667. The van der Waals surface area contributed by atoms with E-state index < -0.39 is 11.9 Å². The summed E-state index contributed by atoms with van der Waals surface area (Å²) >= 11 is 0. The van der Waals surface area contributed by atoms with Gasteiger partial charge in [-0.3, -0.25) is 0 Å². The molecule has 0 fully saturated rings. The van der Waals surface area contributed by atoms with Crippen LogP contribution in [0.25, 0.3) is 0 Å². The fourth-order valence-corrected chi connectivity index (χ4v) is 0. The van der Waals surface area contributed by atoms with E-state index in [1.54, 1.807) is 0 Å². The maximum Gasteiger partial charge on any atom is 0.374 e. The number of alkyl halides is 2. The molecule has 0 bridgehead atoms. The van der Waals surface area contributed by atoms with Crippen LogP contribution < -0.4 is 0 Å². The van der Waals surface area contributed by atoms with Gasteiger partial charge >= 0.3 is 11.9 Å². The van der Waals surface area contributed by atoms with Gasteiger partial charge in [-0.05, 0) is 0 Å². The van der Waals surface area contributed by atoms with E-state index in [0.717, 1.165) is 0 Å². The fourth-order valence-electron chi connectivity index (χ4n) is 0. The SMILES string of the molecule is CC(F)(F)C(=O)O.[Na]. The Balaban J connectivity index is 0. The summed E-state index contributed by atoms with van der Waals surface area (Å²) in [5.74, 6) is -5.67. The second kappa shape index (κ2) is 3.37. The summed E-state index contributed by atoms with van der Waals surface area (Å²) < 4.78 is 22.5. The van der Waals surface area contributed by atoms with Gasteiger partial charge in [0.15, 0.2) is 0 Å². The van der Waals surface area contributed by atoms with Gasteiger partial charge in [0.25, 0.3) is 0 Å².